The summed E-state index contributed by atoms with van der Waals surface area (Å²) < 4.78 is 12.4. The minimum atomic E-state index is -0.886. The monoisotopic (exact) mass is 520 g/mol. The molecule has 1 aliphatic rings. The van der Waals surface area contributed by atoms with Crippen LogP contribution >= 0.6 is 22.7 Å². The molecule has 1 amide bonds. The molecule has 9 heteroatoms. The Morgan fingerprint density at radius 3 is 2.58 bits per heavy atom. The van der Waals surface area contributed by atoms with Crippen molar-refractivity contribution in [3.8, 4) is 11.5 Å². The van der Waals surface area contributed by atoms with Gasteiger partial charge in [0.05, 0.1) is 39.9 Å². The van der Waals surface area contributed by atoms with Crippen molar-refractivity contribution in [3.63, 3.8) is 0 Å². The Labute approximate surface area is 216 Å². The lowest BCUT2D eigenvalue weighted by atomic mass is 9.95. The van der Waals surface area contributed by atoms with Gasteiger partial charge in [-0.05, 0) is 67.6 Å². The van der Waals surface area contributed by atoms with Crippen LogP contribution in [0.2, 0.25) is 0 Å². The summed E-state index contributed by atoms with van der Waals surface area (Å²) in [6.07, 6.45) is 0. The number of fused-ring (bicyclic) bond motifs is 1. The van der Waals surface area contributed by atoms with Gasteiger partial charge in [-0.15, -0.1) is 11.3 Å². The molecule has 4 aromatic rings. The van der Waals surface area contributed by atoms with Crippen molar-refractivity contribution in [1.29, 1.82) is 0 Å². The molecule has 0 saturated heterocycles. The molecule has 0 bridgehead atoms. The van der Waals surface area contributed by atoms with Gasteiger partial charge in [-0.25, -0.2) is 4.98 Å². The molecule has 1 atom stereocenters. The van der Waals surface area contributed by atoms with Crippen LogP contribution < -0.4 is 14.4 Å². The maximum Gasteiger partial charge on any atom is 0.296 e. The first kappa shape index (κ1) is 24.0. The second-order valence-corrected chi connectivity index (χ2v) is 10.1. The van der Waals surface area contributed by atoms with E-state index in [1.54, 1.807) is 35.7 Å². The highest BCUT2D eigenvalue weighted by atomic mass is 32.1. The number of thiazole rings is 1. The lowest BCUT2D eigenvalue weighted by Crippen LogP contribution is -2.31. The predicted octanol–water partition coefficient (Wildman–Crippen LogP) is 6.25. The van der Waals surface area contributed by atoms with Gasteiger partial charge in [-0.3, -0.25) is 14.5 Å². The van der Waals surface area contributed by atoms with Crippen molar-refractivity contribution in [2.75, 3.05) is 18.1 Å². The molecule has 1 aliphatic heterocycles. The number of aliphatic hydroxyl groups excluding tert-OH is 1. The number of anilines is 1. The summed E-state index contributed by atoms with van der Waals surface area (Å²) in [5, 5.41) is 13.2. The summed E-state index contributed by atoms with van der Waals surface area (Å²) in [6.45, 7) is 6.61. The first-order valence-electron chi connectivity index (χ1n) is 11.5. The van der Waals surface area contributed by atoms with Crippen molar-refractivity contribution in [3.05, 3.63) is 81.2 Å². The number of benzene rings is 2. The minimum absolute atomic E-state index is 0.0181. The Morgan fingerprint density at radius 2 is 1.86 bits per heavy atom. The van der Waals surface area contributed by atoms with E-state index in [9.17, 15) is 14.7 Å². The third-order valence-electron chi connectivity index (χ3n) is 5.82. The highest BCUT2D eigenvalue weighted by molar-refractivity contribution is 7.22. The molecule has 7 nitrogen and oxygen atoms in total. The second-order valence-electron chi connectivity index (χ2n) is 8.19. The van der Waals surface area contributed by atoms with Gasteiger partial charge in [0, 0.05) is 0 Å². The molecule has 0 fully saturated rings. The number of thiophene rings is 1. The molecule has 36 heavy (non-hydrogen) atoms. The summed E-state index contributed by atoms with van der Waals surface area (Å²) in [5.41, 5.74) is 2.44. The molecule has 2 aromatic heterocycles. The van der Waals surface area contributed by atoms with Crippen LogP contribution in [-0.4, -0.2) is 35.0 Å². The van der Waals surface area contributed by atoms with Gasteiger partial charge in [0.2, 0.25) is 5.78 Å². The number of aryl methyl sites for hydroxylation is 1. The van der Waals surface area contributed by atoms with Gasteiger partial charge in [0.25, 0.3) is 5.91 Å². The number of amides is 1. The van der Waals surface area contributed by atoms with Crippen LogP contribution in [0.25, 0.3) is 10.2 Å². The predicted molar refractivity (Wildman–Crippen MR) is 142 cm³/mol. The molecule has 0 aliphatic carbocycles. The van der Waals surface area contributed by atoms with Crippen molar-refractivity contribution >= 4 is 49.7 Å². The second kappa shape index (κ2) is 9.75. The number of Topliss-reactive ketones (excluding diaryl/α,β-unsaturated/α-hetero) is 1. The summed E-state index contributed by atoms with van der Waals surface area (Å²) >= 11 is 2.60. The zero-order valence-corrected chi connectivity index (χ0v) is 21.6. The normalized spacial score (nSPS) is 15.7. The minimum Gasteiger partial charge on any atom is -0.503 e. The van der Waals surface area contributed by atoms with E-state index >= 15 is 0 Å². The fourth-order valence-corrected chi connectivity index (χ4v) is 6.02. The fraction of sp³-hybridized carbons (Fsp3) is 0.222. The third kappa shape index (κ3) is 4.14. The molecule has 5 rings (SSSR count). The molecule has 0 saturated carbocycles. The van der Waals surface area contributed by atoms with Crippen LogP contribution in [-0.2, 0) is 4.79 Å². The number of hydrogen-bond donors (Lipinski definition) is 1. The summed E-state index contributed by atoms with van der Waals surface area (Å²) in [5.74, 6) is -0.567. The molecule has 0 radical (unpaired) electrons. The van der Waals surface area contributed by atoms with E-state index in [1.165, 1.54) is 27.6 Å². The van der Waals surface area contributed by atoms with Gasteiger partial charge >= 0.3 is 0 Å². The van der Waals surface area contributed by atoms with Crippen LogP contribution in [0, 0.1) is 6.92 Å². The zero-order chi connectivity index (χ0) is 25.4. The van der Waals surface area contributed by atoms with E-state index in [4.69, 9.17) is 9.47 Å². The molecule has 1 unspecified atom stereocenters. The van der Waals surface area contributed by atoms with Gasteiger partial charge in [0.15, 0.2) is 22.4 Å². The van der Waals surface area contributed by atoms with E-state index in [0.29, 0.717) is 40.3 Å². The molecule has 2 aromatic carbocycles. The first-order valence-corrected chi connectivity index (χ1v) is 13.2. The standard InChI is InChI=1S/C27H24N2O5S2/c1-4-33-18-11-9-16(14-19(18)34-5-2)23-22(24(30)20-7-6-12-35-20)25(31)26(32)29(23)27-28-17-10-8-15(3)13-21(17)36-27/h6-14,23,31H,4-5H2,1-3H3. The maximum absolute atomic E-state index is 13.6. The molecule has 184 valence electrons. The average Bonchev–Trinajstić information content (AvgIpc) is 3.59. The van der Waals surface area contributed by atoms with Gasteiger partial charge in [-0.2, -0.15) is 0 Å². The largest absolute Gasteiger partial charge is 0.503 e. The number of rotatable bonds is 8. The number of aliphatic hydroxyl groups is 1. The van der Waals surface area contributed by atoms with Gasteiger partial charge in [-0.1, -0.05) is 29.5 Å². The van der Waals surface area contributed by atoms with Crippen molar-refractivity contribution < 1.29 is 24.2 Å². The molecule has 0 spiro atoms. The van der Waals surface area contributed by atoms with Crippen LogP contribution in [0.1, 0.15) is 40.7 Å². The van der Waals surface area contributed by atoms with E-state index in [0.717, 1.165) is 15.8 Å². The zero-order valence-electron chi connectivity index (χ0n) is 20.0. The van der Waals surface area contributed by atoms with E-state index in [1.807, 2.05) is 39.0 Å². The first-order chi connectivity index (χ1) is 17.4. The Kier molecular flexibility index (Phi) is 6.51. The quantitative estimate of drug-likeness (QED) is 0.276. The van der Waals surface area contributed by atoms with Crippen molar-refractivity contribution in [2.45, 2.75) is 26.8 Å². The number of ether oxygens (including phenoxy) is 2. The SMILES string of the molecule is CCOc1ccc(C2C(C(=O)c3cccs3)=C(O)C(=O)N2c2nc3ccc(C)cc3s2)cc1OCC. The van der Waals surface area contributed by atoms with Crippen molar-refractivity contribution in [1.82, 2.24) is 4.98 Å². The summed E-state index contributed by atoms with van der Waals surface area (Å²) in [4.78, 5) is 33.6. The van der Waals surface area contributed by atoms with Gasteiger partial charge in [0.1, 0.15) is 0 Å². The van der Waals surface area contributed by atoms with Crippen molar-refractivity contribution in [2.24, 2.45) is 0 Å². The third-order valence-corrected chi connectivity index (χ3v) is 7.71. The number of aromatic nitrogens is 1. The summed E-state index contributed by atoms with van der Waals surface area (Å²) in [7, 11) is 0. The smallest absolute Gasteiger partial charge is 0.296 e. The Balaban J connectivity index is 1.68. The Bertz CT molecular complexity index is 1490. The fourth-order valence-electron chi connectivity index (χ4n) is 4.25. The van der Waals surface area contributed by atoms with E-state index in [2.05, 4.69) is 4.98 Å². The Morgan fingerprint density at radius 1 is 1.08 bits per heavy atom. The van der Waals surface area contributed by atoms with Crippen LogP contribution in [0.3, 0.4) is 0 Å². The van der Waals surface area contributed by atoms with Gasteiger partial charge < -0.3 is 14.6 Å². The number of ketones is 1. The van der Waals surface area contributed by atoms with E-state index < -0.39 is 23.5 Å². The van der Waals surface area contributed by atoms with E-state index in [-0.39, 0.29) is 5.57 Å². The van der Waals surface area contributed by atoms with Crippen LogP contribution in [0.5, 0.6) is 11.5 Å². The number of nitrogens with zero attached hydrogens (tertiary/aromatic N) is 2. The van der Waals surface area contributed by atoms with Crippen LogP contribution in [0.4, 0.5) is 5.13 Å². The molecule has 3 heterocycles. The molecular formula is C27H24N2O5S2. The number of carbonyl (C=O) groups excluding carboxylic acids is 2. The highest BCUT2D eigenvalue weighted by Crippen LogP contribution is 2.46. The molecule has 1 N–H and O–H groups in total. The topological polar surface area (TPSA) is 89.0 Å². The maximum atomic E-state index is 13.6. The molecular weight excluding hydrogens is 496 g/mol. The average molecular weight is 521 g/mol. The number of hydrogen-bond acceptors (Lipinski definition) is 8. The summed E-state index contributed by atoms with van der Waals surface area (Å²) in [6, 6.07) is 13.7. The Hall–Kier alpha value is -3.69. The highest BCUT2D eigenvalue weighted by Gasteiger charge is 2.46. The lowest BCUT2D eigenvalue weighted by molar-refractivity contribution is -0.117. The van der Waals surface area contributed by atoms with Crippen LogP contribution in [0.15, 0.2) is 65.2 Å². The number of carbonyl (C=O) groups is 2. The lowest BCUT2D eigenvalue weighted by Gasteiger charge is -2.25.